The number of carbonyl (C=O) groups excluding carboxylic acids is 1. The van der Waals surface area contributed by atoms with Gasteiger partial charge in [-0.2, -0.15) is 0 Å². The van der Waals surface area contributed by atoms with E-state index in [-0.39, 0.29) is 23.7 Å². The molecule has 0 amide bonds. The number of rotatable bonds is 10. The molecule has 5 unspecified atom stereocenters. The molecule has 226 valence electrons. The number of carbonyl (C=O) groups is 2. The number of ether oxygens (including phenoxy) is 1. The fourth-order valence-electron chi connectivity index (χ4n) is 6.97. The smallest absolute Gasteiger partial charge is 0.335 e. The molecule has 43 heavy (non-hydrogen) atoms. The van der Waals surface area contributed by atoms with Crippen LogP contribution in [0.15, 0.2) is 82.0 Å². The molecule has 3 aliphatic rings. The standard InChI is InChI=1S/C37H44N2O4/c1-3-27-24-34(43-36(35(27)37(41)42)28-9-5-4-6-10-28)30-15-13-25(2)21-26(22-30)14-16-33(40)32-12-8-7-11-29(32)23-31-17-18-38-19-20-39-31/h4-12,19-20,24-27,30-31H,3,13-18,21-23H2,1-2H3,(H,41,42). The number of hydrogen-bond acceptors (Lipinski definition) is 5. The van der Waals surface area contributed by atoms with Crippen molar-refractivity contribution in [3.8, 4) is 0 Å². The zero-order valence-electron chi connectivity index (χ0n) is 25.5. The Kier molecular flexibility index (Phi) is 10.4. The molecule has 0 saturated heterocycles. The summed E-state index contributed by atoms with van der Waals surface area (Å²) in [7, 11) is 0. The van der Waals surface area contributed by atoms with Crippen molar-refractivity contribution in [1.29, 1.82) is 0 Å². The zero-order chi connectivity index (χ0) is 30.2. The Labute approximate surface area is 255 Å². The molecule has 2 aromatic carbocycles. The highest BCUT2D eigenvalue weighted by molar-refractivity contribution is 6.16. The van der Waals surface area contributed by atoms with Gasteiger partial charge in [0.05, 0.1) is 11.6 Å². The van der Waals surface area contributed by atoms with Crippen molar-refractivity contribution in [2.75, 3.05) is 6.54 Å². The van der Waals surface area contributed by atoms with Crippen LogP contribution in [0.1, 0.15) is 86.7 Å². The summed E-state index contributed by atoms with van der Waals surface area (Å²) in [6.45, 7) is 5.11. The fraction of sp³-hybridized carbons (Fsp3) is 0.459. The minimum Gasteiger partial charge on any atom is -0.478 e. The maximum atomic E-state index is 13.6. The van der Waals surface area contributed by atoms with Gasteiger partial charge in [0.1, 0.15) is 11.5 Å². The first-order valence-corrected chi connectivity index (χ1v) is 16.0. The van der Waals surface area contributed by atoms with Crippen LogP contribution >= 0.6 is 0 Å². The quantitative estimate of drug-likeness (QED) is 0.228. The van der Waals surface area contributed by atoms with Crippen LogP contribution in [0, 0.1) is 23.7 Å². The summed E-state index contributed by atoms with van der Waals surface area (Å²) in [4.78, 5) is 34.9. The van der Waals surface area contributed by atoms with Gasteiger partial charge in [0.25, 0.3) is 0 Å². The molecule has 5 rings (SSSR count). The van der Waals surface area contributed by atoms with Gasteiger partial charge >= 0.3 is 5.97 Å². The topological polar surface area (TPSA) is 88.3 Å². The molecule has 6 heteroatoms. The number of Topliss-reactive ketones (excluding diaryl/α,β-unsaturated/α-hetero) is 1. The highest BCUT2D eigenvalue weighted by atomic mass is 16.5. The Morgan fingerprint density at radius 3 is 2.56 bits per heavy atom. The van der Waals surface area contributed by atoms with Gasteiger partial charge in [-0.15, -0.1) is 0 Å². The molecule has 5 atom stereocenters. The Morgan fingerprint density at radius 1 is 0.977 bits per heavy atom. The van der Waals surface area contributed by atoms with Gasteiger partial charge in [-0.05, 0) is 68.4 Å². The molecule has 0 aromatic heterocycles. The Morgan fingerprint density at radius 2 is 1.77 bits per heavy atom. The van der Waals surface area contributed by atoms with Gasteiger partial charge < -0.3 is 9.84 Å². The van der Waals surface area contributed by atoms with Crippen LogP contribution in [-0.4, -0.2) is 41.9 Å². The van der Waals surface area contributed by atoms with E-state index >= 15 is 0 Å². The van der Waals surface area contributed by atoms with Crippen molar-refractivity contribution < 1.29 is 19.4 Å². The maximum Gasteiger partial charge on any atom is 0.335 e. The summed E-state index contributed by atoms with van der Waals surface area (Å²) in [5, 5.41) is 10.1. The summed E-state index contributed by atoms with van der Waals surface area (Å²) in [5.41, 5.74) is 3.03. The first-order chi connectivity index (χ1) is 20.9. The second-order valence-electron chi connectivity index (χ2n) is 12.4. The molecular weight excluding hydrogens is 536 g/mol. The van der Waals surface area contributed by atoms with E-state index in [1.807, 2.05) is 55.5 Å². The second kappa shape index (κ2) is 14.6. The average molecular weight is 581 g/mol. The van der Waals surface area contributed by atoms with Gasteiger partial charge in [0, 0.05) is 48.4 Å². The van der Waals surface area contributed by atoms with Crippen molar-refractivity contribution in [2.45, 2.75) is 77.7 Å². The molecule has 2 heterocycles. The van der Waals surface area contributed by atoms with E-state index < -0.39 is 5.97 Å². The molecule has 1 N–H and O–H groups in total. The Balaban J connectivity index is 1.29. The van der Waals surface area contributed by atoms with Crippen molar-refractivity contribution in [3.05, 3.63) is 88.7 Å². The van der Waals surface area contributed by atoms with E-state index in [4.69, 9.17) is 4.74 Å². The summed E-state index contributed by atoms with van der Waals surface area (Å²) in [6, 6.07) is 17.8. The molecule has 2 aromatic rings. The van der Waals surface area contributed by atoms with Crippen molar-refractivity contribution in [1.82, 2.24) is 0 Å². The first-order valence-electron chi connectivity index (χ1n) is 16.0. The maximum absolute atomic E-state index is 13.6. The number of aliphatic carboxylic acids is 1. The summed E-state index contributed by atoms with van der Waals surface area (Å²) < 4.78 is 6.52. The van der Waals surface area contributed by atoms with Gasteiger partial charge in [0.2, 0.25) is 0 Å². The number of carboxylic acid groups (broad SMARTS) is 1. The lowest BCUT2D eigenvalue weighted by Crippen LogP contribution is -2.22. The first kappa shape index (κ1) is 30.7. The van der Waals surface area contributed by atoms with Gasteiger partial charge in [-0.3, -0.25) is 14.8 Å². The number of aliphatic imine (C=N–C) groups is 2. The molecular formula is C37H44N2O4. The lowest BCUT2D eigenvalue weighted by Gasteiger charge is -2.30. The number of carboxylic acids is 1. The molecule has 1 fully saturated rings. The minimum atomic E-state index is -0.925. The van der Waals surface area contributed by atoms with Crippen LogP contribution in [0.5, 0.6) is 0 Å². The largest absolute Gasteiger partial charge is 0.478 e. The van der Waals surface area contributed by atoms with Gasteiger partial charge in [0.15, 0.2) is 5.78 Å². The number of allylic oxidation sites excluding steroid dienone is 2. The summed E-state index contributed by atoms with van der Waals surface area (Å²) in [5.74, 6) is 1.63. The van der Waals surface area contributed by atoms with E-state index in [0.29, 0.717) is 36.0 Å². The van der Waals surface area contributed by atoms with E-state index in [1.165, 1.54) is 0 Å². The third-order valence-electron chi connectivity index (χ3n) is 9.28. The van der Waals surface area contributed by atoms with Crippen molar-refractivity contribution in [3.63, 3.8) is 0 Å². The van der Waals surface area contributed by atoms with Crippen molar-refractivity contribution >= 4 is 29.9 Å². The highest BCUT2D eigenvalue weighted by Crippen LogP contribution is 2.43. The lowest BCUT2D eigenvalue weighted by molar-refractivity contribution is -0.133. The lowest BCUT2D eigenvalue weighted by atomic mass is 9.83. The molecule has 6 nitrogen and oxygen atoms in total. The van der Waals surface area contributed by atoms with Crippen LogP contribution in [0.2, 0.25) is 0 Å². The normalized spacial score (nSPS) is 25.8. The predicted molar refractivity (Wildman–Crippen MR) is 173 cm³/mol. The van der Waals surface area contributed by atoms with Crippen molar-refractivity contribution in [2.24, 2.45) is 33.7 Å². The number of hydrogen-bond donors (Lipinski definition) is 1. The molecule has 2 aliphatic heterocycles. The highest BCUT2D eigenvalue weighted by Gasteiger charge is 2.34. The van der Waals surface area contributed by atoms with Crippen LogP contribution in [0.4, 0.5) is 0 Å². The third-order valence-corrected chi connectivity index (χ3v) is 9.28. The average Bonchev–Trinajstić information content (AvgIpc) is 3.40. The third kappa shape index (κ3) is 7.78. The molecule has 1 saturated carbocycles. The van der Waals surface area contributed by atoms with E-state index in [2.05, 4.69) is 29.1 Å². The molecule has 1 aliphatic carbocycles. The van der Waals surface area contributed by atoms with E-state index in [9.17, 15) is 14.7 Å². The minimum absolute atomic E-state index is 0.145. The Bertz CT molecular complexity index is 1410. The van der Waals surface area contributed by atoms with E-state index in [0.717, 1.165) is 73.9 Å². The van der Waals surface area contributed by atoms with Gasteiger partial charge in [-0.25, -0.2) is 4.79 Å². The van der Waals surface area contributed by atoms with Crippen LogP contribution in [-0.2, 0) is 16.0 Å². The number of ketones is 1. The van der Waals surface area contributed by atoms with Crippen LogP contribution in [0.25, 0.3) is 5.76 Å². The number of benzene rings is 2. The fourth-order valence-corrected chi connectivity index (χ4v) is 6.97. The van der Waals surface area contributed by atoms with E-state index in [1.54, 1.807) is 12.4 Å². The van der Waals surface area contributed by atoms with Gasteiger partial charge in [-0.1, -0.05) is 74.9 Å². The Hall–Kier alpha value is -3.80. The predicted octanol–water partition coefficient (Wildman–Crippen LogP) is 7.98. The summed E-state index contributed by atoms with van der Waals surface area (Å²) in [6.07, 6.45) is 13.5. The van der Waals surface area contributed by atoms with Crippen LogP contribution < -0.4 is 0 Å². The zero-order valence-corrected chi connectivity index (χ0v) is 25.5. The second-order valence-corrected chi connectivity index (χ2v) is 12.4. The molecule has 0 radical (unpaired) electrons. The summed E-state index contributed by atoms with van der Waals surface area (Å²) >= 11 is 0. The van der Waals surface area contributed by atoms with Crippen LogP contribution in [0.3, 0.4) is 0 Å². The molecule has 0 spiro atoms. The monoisotopic (exact) mass is 580 g/mol. The molecule has 0 bridgehead atoms. The SMILES string of the molecule is CCC1C=C(C2CCC(C)CC(CCC(=O)c3ccccc3CC3CCN=CC=N3)C2)OC(c2ccccc2)=C1C(=O)O. The number of nitrogens with zero attached hydrogens (tertiary/aromatic N) is 2.